The van der Waals surface area contributed by atoms with Crippen LogP contribution in [0.15, 0.2) is 24.3 Å². The molecule has 0 aliphatic carbocycles. The van der Waals surface area contributed by atoms with Crippen molar-refractivity contribution in [2.45, 2.75) is 43.4 Å². The fourth-order valence-corrected chi connectivity index (χ4v) is 7.65. The van der Waals surface area contributed by atoms with Gasteiger partial charge in [0.1, 0.15) is 46.8 Å². The summed E-state index contributed by atoms with van der Waals surface area (Å²) in [5.41, 5.74) is -0.716. The van der Waals surface area contributed by atoms with Gasteiger partial charge in [-0.05, 0) is 43.0 Å². The maximum atomic E-state index is 16.9. The van der Waals surface area contributed by atoms with Gasteiger partial charge in [0, 0.05) is 56.0 Å². The summed E-state index contributed by atoms with van der Waals surface area (Å²) >= 11 is 0. The van der Waals surface area contributed by atoms with Gasteiger partial charge in [0.25, 0.3) is 0 Å². The molecule has 0 saturated carbocycles. The quantitative estimate of drug-likeness (QED) is 0.325. The van der Waals surface area contributed by atoms with E-state index in [1.807, 2.05) is 0 Å². The number of nitrogens with zero attached hydrogens (tertiary/aromatic N) is 5. The first-order valence-corrected chi connectivity index (χ1v) is 15.3. The van der Waals surface area contributed by atoms with Crippen molar-refractivity contribution < 1.29 is 27.8 Å². The molecule has 232 valence electrons. The van der Waals surface area contributed by atoms with Crippen LogP contribution in [0.2, 0.25) is 0 Å². The third kappa shape index (κ3) is 4.51. The Morgan fingerprint density at radius 3 is 2.93 bits per heavy atom. The largest absolute Gasteiger partial charge is 0.508 e. The Hall–Kier alpha value is -4.34. The number of terminal acetylenes is 1. The first-order valence-electron chi connectivity index (χ1n) is 15.3. The summed E-state index contributed by atoms with van der Waals surface area (Å²) in [4.78, 5) is 18.2. The van der Waals surface area contributed by atoms with E-state index in [1.54, 1.807) is 0 Å². The second kappa shape index (κ2) is 10.6. The summed E-state index contributed by atoms with van der Waals surface area (Å²) in [5.74, 6) is 1.29. The summed E-state index contributed by atoms with van der Waals surface area (Å²) in [5, 5.41) is 14.9. The van der Waals surface area contributed by atoms with Crippen LogP contribution < -0.4 is 19.7 Å². The van der Waals surface area contributed by atoms with E-state index >= 15 is 4.39 Å². The zero-order chi connectivity index (χ0) is 30.9. The third-order valence-corrected chi connectivity index (χ3v) is 9.71. The number of piperazine rings is 1. The number of hydrogen-bond acceptors (Lipinski definition) is 9. The average molecular weight is 617 g/mol. The van der Waals surface area contributed by atoms with Crippen molar-refractivity contribution in [3.8, 4) is 41.2 Å². The number of aromatic nitrogens is 3. The lowest BCUT2D eigenvalue weighted by atomic mass is 9.95. The Labute approximate surface area is 257 Å². The van der Waals surface area contributed by atoms with Crippen molar-refractivity contribution >= 4 is 27.5 Å². The van der Waals surface area contributed by atoms with Gasteiger partial charge >= 0.3 is 6.01 Å². The maximum Gasteiger partial charge on any atom is 0.319 e. The van der Waals surface area contributed by atoms with Crippen molar-refractivity contribution in [3.63, 3.8) is 0 Å². The molecule has 3 fully saturated rings. The van der Waals surface area contributed by atoms with Gasteiger partial charge < -0.3 is 24.8 Å². The van der Waals surface area contributed by atoms with Crippen LogP contribution in [0.3, 0.4) is 0 Å². The number of pyridine rings is 1. The lowest BCUT2D eigenvalue weighted by Gasteiger charge is -2.39. The van der Waals surface area contributed by atoms with E-state index in [9.17, 15) is 13.9 Å². The predicted molar refractivity (Wildman–Crippen MR) is 162 cm³/mol. The van der Waals surface area contributed by atoms with Crippen molar-refractivity contribution in [1.82, 2.24) is 25.2 Å². The molecule has 4 aromatic rings. The lowest BCUT2D eigenvalue weighted by Crippen LogP contribution is -2.52. The molecule has 12 heteroatoms. The van der Waals surface area contributed by atoms with Crippen molar-refractivity contribution in [2.75, 3.05) is 50.8 Å². The minimum Gasteiger partial charge on any atom is -0.508 e. The lowest BCUT2D eigenvalue weighted by molar-refractivity contribution is 0.107. The number of fused-ring (bicyclic) bond motifs is 4. The van der Waals surface area contributed by atoms with Gasteiger partial charge in [-0.15, -0.1) is 6.42 Å². The smallest absolute Gasteiger partial charge is 0.319 e. The zero-order valence-corrected chi connectivity index (χ0v) is 24.5. The minimum absolute atomic E-state index is 0.0304. The number of halogens is 3. The molecule has 2 aromatic heterocycles. The van der Waals surface area contributed by atoms with E-state index in [-0.39, 0.29) is 58.0 Å². The standard InChI is InChI=1S/C33H31F3N6O3/c1-2-22-24(35)5-4-18-12-21(43)13-23(25(18)22)28-27(36)29-26-30(42-10-8-37-15-20(42)6-11-44-31(26)38-28)40-32(39-29)45-17-33-7-3-9-41(33)16-19(34)14-33/h1,4-5,12-13,19-20,37,43H,3,6-11,14-17H2/t19-,20+,33+/m1/s1. The Morgan fingerprint density at radius 1 is 1.18 bits per heavy atom. The second-order valence-electron chi connectivity index (χ2n) is 12.3. The van der Waals surface area contributed by atoms with E-state index in [0.717, 1.165) is 19.4 Å². The molecule has 9 nitrogen and oxygen atoms in total. The molecule has 0 spiro atoms. The number of aromatic hydroxyl groups is 1. The Balaban J connectivity index is 1.34. The number of rotatable bonds is 4. The van der Waals surface area contributed by atoms with E-state index < -0.39 is 23.3 Å². The molecule has 8 rings (SSSR count). The molecule has 0 amide bonds. The third-order valence-electron chi connectivity index (χ3n) is 9.71. The molecular weight excluding hydrogens is 585 g/mol. The van der Waals surface area contributed by atoms with Crippen molar-refractivity contribution in [2.24, 2.45) is 0 Å². The van der Waals surface area contributed by atoms with Crippen LogP contribution in [0.1, 0.15) is 31.2 Å². The van der Waals surface area contributed by atoms with Crippen LogP contribution in [-0.2, 0) is 0 Å². The van der Waals surface area contributed by atoms with Crippen LogP contribution in [-0.4, -0.2) is 88.6 Å². The van der Waals surface area contributed by atoms with Crippen molar-refractivity contribution in [1.29, 1.82) is 0 Å². The van der Waals surface area contributed by atoms with E-state index in [0.29, 0.717) is 62.2 Å². The molecule has 0 unspecified atom stereocenters. The van der Waals surface area contributed by atoms with Gasteiger partial charge in [0.05, 0.1) is 17.7 Å². The topological polar surface area (TPSA) is 95.9 Å². The van der Waals surface area contributed by atoms with E-state index in [1.165, 1.54) is 24.3 Å². The summed E-state index contributed by atoms with van der Waals surface area (Å²) < 4.78 is 58.7. The maximum absolute atomic E-state index is 16.9. The number of ether oxygens (including phenoxy) is 2. The van der Waals surface area contributed by atoms with Crippen LogP contribution in [0.5, 0.6) is 17.6 Å². The summed E-state index contributed by atoms with van der Waals surface area (Å²) in [7, 11) is 0. The number of anilines is 1. The molecule has 3 saturated heterocycles. The molecule has 4 aliphatic rings. The molecule has 0 radical (unpaired) electrons. The molecule has 2 N–H and O–H groups in total. The molecular formula is C33H31F3N6O3. The highest BCUT2D eigenvalue weighted by Crippen LogP contribution is 2.44. The van der Waals surface area contributed by atoms with Gasteiger partial charge in [0.2, 0.25) is 5.88 Å². The normalized spacial score (nSPS) is 24.5. The van der Waals surface area contributed by atoms with Gasteiger partial charge in [-0.1, -0.05) is 12.0 Å². The Morgan fingerprint density at radius 2 is 2.07 bits per heavy atom. The number of phenols is 1. The summed E-state index contributed by atoms with van der Waals surface area (Å²) in [6.45, 7) is 3.67. The summed E-state index contributed by atoms with van der Waals surface area (Å²) in [6, 6.07) is 5.42. The number of hydrogen-bond donors (Lipinski definition) is 2. The monoisotopic (exact) mass is 616 g/mol. The zero-order valence-electron chi connectivity index (χ0n) is 24.5. The fourth-order valence-electron chi connectivity index (χ4n) is 7.65. The van der Waals surface area contributed by atoms with E-state index in [2.05, 4.69) is 31.0 Å². The highest BCUT2D eigenvalue weighted by Gasteiger charge is 2.49. The molecule has 3 atom stereocenters. The van der Waals surface area contributed by atoms with Crippen LogP contribution in [0.25, 0.3) is 32.9 Å². The average Bonchev–Trinajstić information content (AvgIpc) is 3.55. The number of alkyl halides is 1. The highest BCUT2D eigenvalue weighted by atomic mass is 19.1. The fraction of sp³-hybridized carbons (Fsp3) is 0.424. The number of phenolic OH excluding ortho intramolecular Hbond substituents is 1. The first kappa shape index (κ1) is 28.2. The summed E-state index contributed by atoms with van der Waals surface area (Å²) in [6.07, 6.45) is 7.54. The molecule has 6 heterocycles. The number of nitrogens with one attached hydrogen (secondary N) is 1. The molecule has 4 aliphatic heterocycles. The SMILES string of the molecule is C#Cc1c(F)ccc2cc(O)cc(-c3nc4c5c(nc(OC[C@@]67CCCN6C[C@H](F)C7)nc5c3F)N3CCNC[C@@H]3CCO4)c12. The predicted octanol–water partition coefficient (Wildman–Crippen LogP) is 4.33. The second-order valence-corrected chi connectivity index (χ2v) is 12.3. The first-order chi connectivity index (χ1) is 21.8. The van der Waals surface area contributed by atoms with E-state index in [4.69, 9.17) is 20.9 Å². The van der Waals surface area contributed by atoms with Crippen LogP contribution >= 0.6 is 0 Å². The van der Waals surface area contributed by atoms with Crippen LogP contribution in [0.4, 0.5) is 19.0 Å². The van der Waals surface area contributed by atoms with Crippen LogP contribution in [0, 0.1) is 24.0 Å². The van der Waals surface area contributed by atoms with Gasteiger partial charge in [-0.25, -0.2) is 18.2 Å². The van der Waals surface area contributed by atoms with Gasteiger partial charge in [-0.3, -0.25) is 4.90 Å². The molecule has 45 heavy (non-hydrogen) atoms. The Bertz CT molecular complexity index is 1900. The molecule has 2 aromatic carbocycles. The molecule has 0 bridgehead atoms. The van der Waals surface area contributed by atoms with Crippen molar-refractivity contribution in [3.05, 3.63) is 41.5 Å². The Kier molecular flexibility index (Phi) is 6.65. The number of benzene rings is 2. The highest BCUT2D eigenvalue weighted by molar-refractivity contribution is 6.04. The van der Waals surface area contributed by atoms with Gasteiger partial charge in [-0.2, -0.15) is 9.97 Å². The minimum atomic E-state index is -0.929. The van der Waals surface area contributed by atoms with Gasteiger partial charge in [0.15, 0.2) is 5.82 Å².